The molecule has 5 heteroatoms. The van der Waals surface area contributed by atoms with E-state index >= 15 is 0 Å². The van der Waals surface area contributed by atoms with Crippen molar-refractivity contribution in [2.75, 3.05) is 19.5 Å². The minimum Gasteiger partial charge on any atom is -0.496 e. The molecule has 1 aromatic heterocycles. The van der Waals surface area contributed by atoms with Crippen LogP contribution in [0.4, 0.5) is 5.82 Å². The number of halogens is 1. The highest BCUT2D eigenvalue weighted by Crippen LogP contribution is 2.29. The Kier molecular flexibility index (Phi) is 3.58. The van der Waals surface area contributed by atoms with Gasteiger partial charge >= 0.3 is 0 Å². The van der Waals surface area contributed by atoms with E-state index in [4.69, 9.17) is 4.74 Å². The molecule has 0 saturated heterocycles. The van der Waals surface area contributed by atoms with Crippen molar-refractivity contribution in [2.24, 2.45) is 0 Å². The van der Waals surface area contributed by atoms with Crippen molar-refractivity contribution in [3.8, 4) is 17.0 Å². The number of rotatable bonds is 3. The molecule has 1 N–H and O–H groups in total. The Hall–Kier alpha value is -1.62. The molecule has 2 rings (SSSR count). The van der Waals surface area contributed by atoms with Gasteiger partial charge in [0.2, 0.25) is 0 Å². The summed E-state index contributed by atoms with van der Waals surface area (Å²) >= 11 is 3.45. The van der Waals surface area contributed by atoms with Gasteiger partial charge < -0.3 is 10.1 Å². The third-order valence-corrected chi connectivity index (χ3v) is 2.99. The first-order chi connectivity index (χ1) is 8.24. The molecule has 17 heavy (non-hydrogen) atoms. The number of anilines is 1. The summed E-state index contributed by atoms with van der Waals surface area (Å²) in [6.45, 7) is 0. The molecule has 0 saturated carbocycles. The zero-order chi connectivity index (χ0) is 12.3. The van der Waals surface area contributed by atoms with Gasteiger partial charge in [0.05, 0.1) is 17.3 Å². The largest absolute Gasteiger partial charge is 0.496 e. The highest BCUT2D eigenvalue weighted by Gasteiger charge is 2.05. The maximum Gasteiger partial charge on any atom is 0.148 e. The van der Waals surface area contributed by atoms with Gasteiger partial charge in [0.15, 0.2) is 0 Å². The zero-order valence-electron chi connectivity index (χ0n) is 9.57. The number of hydrogen-bond acceptors (Lipinski definition) is 4. The first-order valence-corrected chi connectivity index (χ1v) is 5.89. The smallest absolute Gasteiger partial charge is 0.148 e. The number of methoxy groups -OCH3 is 1. The second-order valence-electron chi connectivity index (χ2n) is 3.40. The highest BCUT2D eigenvalue weighted by atomic mass is 79.9. The van der Waals surface area contributed by atoms with Crippen molar-refractivity contribution >= 4 is 21.7 Å². The lowest BCUT2D eigenvalue weighted by molar-refractivity contribution is 0.412. The van der Waals surface area contributed by atoms with Crippen molar-refractivity contribution in [2.45, 2.75) is 0 Å². The van der Waals surface area contributed by atoms with E-state index < -0.39 is 0 Å². The van der Waals surface area contributed by atoms with E-state index in [1.807, 2.05) is 37.4 Å². The fourth-order valence-corrected chi connectivity index (χ4v) is 1.99. The predicted molar refractivity (Wildman–Crippen MR) is 71.3 cm³/mol. The van der Waals surface area contributed by atoms with E-state index in [2.05, 4.69) is 31.4 Å². The summed E-state index contributed by atoms with van der Waals surface area (Å²) in [6, 6.07) is 9.62. The molecule has 0 spiro atoms. The lowest BCUT2D eigenvalue weighted by atomic mass is 10.1. The lowest BCUT2D eigenvalue weighted by Gasteiger charge is -2.06. The predicted octanol–water partition coefficient (Wildman–Crippen LogP) is 2.96. The summed E-state index contributed by atoms with van der Waals surface area (Å²) in [4.78, 5) is 0. The van der Waals surface area contributed by atoms with Gasteiger partial charge in [0.1, 0.15) is 11.6 Å². The topological polar surface area (TPSA) is 47.0 Å². The zero-order valence-corrected chi connectivity index (χ0v) is 11.2. The van der Waals surface area contributed by atoms with Crippen LogP contribution in [0.2, 0.25) is 0 Å². The minimum absolute atomic E-state index is 0.751. The van der Waals surface area contributed by atoms with E-state index in [-0.39, 0.29) is 0 Å². The van der Waals surface area contributed by atoms with E-state index in [0.29, 0.717) is 0 Å². The molecule has 0 unspecified atom stereocenters. The SMILES string of the molecule is CNc1ccc(-c2ccc(OC)c(Br)c2)nn1. The summed E-state index contributed by atoms with van der Waals surface area (Å²) in [5.74, 6) is 1.55. The van der Waals surface area contributed by atoms with Crippen molar-refractivity contribution < 1.29 is 4.74 Å². The summed E-state index contributed by atoms with van der Waals surface area (Å²) < 4.78 is 6.08. The Balaban J connectivity index is 2.35. The van der Waals surface area contributed by atoms with Gasteiger partial charge in [0, 0.05) is 12.6 Å². The van der Waals surface area contributed by atoms with Crippen molar-refractivity contribution in [3.05, 3.63) is 34.8 Å². The van der Waals surface area contributed by atoms with Gasteiger partial charge in [-0.2, -0.15) is 0 Å². The van der Waals surface area contributed by atoms with Crippen LogP contribution in [0.25, 0.3) is 11.3 Å². The van der Waals surface area contributed by atoms with E-state index in [9.17, 15) is 0 Å². The average Bonchev–Trinajstić information content (AvgIpc) is 2.39. The third kappa shape index (κ3) is 2.55. The molecule has 0 radical (unpaired) electrons. The van der Waals surface area contributed by atoms with Gasteiger partial charge in [-0.25, -0.2) is 0 Å². The van der Waals surface area contributed by atoms with Gasteiger partial charge in [-0.15, -0.1) is 10.2 Å². The van der Waals surface area contributed by atoms with Crippen LogP contribution < -0.4 is 10.1 Å². The molecule has 0 aliphatic heterocycles. The van der Waals surface area contributed by atoms with Crippen LogP contribution in [0.5, 0.6) is 5.75 Å². The molecule has 1 heterocycles. The van der Waals surface area contributed by atoms with Crippen LogP contribution in [0, 0.1) is 0 Å². The Morgan fingerprint density at radius 2 is 2.00 bits per heavy atom. The minimum atomic E-state index is 0.751. The Labute approximate surface area is 108 Å². The van der Waals surface area contributed by atoms with Gasteiger partial charge in [-0.05, 0) is 46.3 Å². The van der Waals surface area contributed by atoms with Gasteiger partial charge in [0.25, 0.3) is 0 Å². The lowest BCUT2D eigenvalue weighted by Crippen LogP contribution is -1.95. The van der Waals surface area contributed by atoms with Crippen molar-refractivity contribution in [1.29, 1.82) is 0 Å². The van der Waals surface area contributed by atoms with E-state index in [0.717, 1.165) is 27.3 Å². The fourth-order valence-electron chi connectivity index (χ4n) is 1.45. The van der Waals surface area contributed by atoms with Crippen LogP contribution >= 0.6 is 15.9 Å². The normalized spacial score (nSPS) is 10.1. The molecule has 88 valence electrons. The first-order valence-electron chi connectivity index (χ1n) is 5.10. The number of ether oxygens (including phenoxy) is 1. The fraction of sp³-hybridized carbons (Fsp3) is 0.167. The summed E-state index contributed by atoms with van der Waals surface area (Å²) in [5.41, 5.74) is 1.82. The molecule has 1 aromatic carbocycles. The van der Waals surface area contributed by atoms with Crippen LogP contribution in [-0.2, 0) is 0 Å². The second kappa shape index (κ2) is 5.14. The van der Waals surface area contributed by atoms with E-state index in [1.54, 1.807) is 7.11 Å². The number of nitrogens with one attached hydrogen (secondary N) is 1. The van der Waals surface area contributed by atoms with Crippen molar-refractivity contribution in [1.82, 2.24) is 10.2 Å². The molecule has 0 bridgehead atoms. The van der Waals surface area contributed by atoms with Gasteiger partial charge in [-0.1, -0.05) is 0 Å². The molecular weight excluding hydrogens is 282 g/mol. The molecule has 2 aromatic rings. The van der Waals surface area contributed by atoms with Crippen LogP contribution in [0.3, 0.4) is 0 Å². The van der Waals surface area contributed by atoms with Crippen LogP contribution in [0.1, 0.15) is 0 Å². The molecule has 0 amide bonds. The molecular formula is C12H12BrN3O. The molecule has 0 aliphatic carbocycles. The second-order valence-corrected chi connectivity index (χ2v) is 4.26. The molecule has 0 fully saturated rings. The molecule has 4 nitrogen and oxygen atoms in total. The van der Waals surface area contributed by atoms with Crippen molar-refractivity contribution in [3.63, 3.8) is 0 Å². The number of aromatic nitrogens is 2. The Bertz CT molecular complexity index is 514. The van der Waals surface area contributed by atoms with Crippen LogP contribution in [-0.4, -0.2) is 24.4 Å². The summed E-state index contributed by atoms with van der Waals surface area (Å²) in [7, 11) is 3.45. The quantitative estimate of drug-likeness (QED) is 0.945. The number of nitrogens with zero attached hydrogens (tertiary/aromatic N) is 2. The monoisotopic (exact) mass is 293 g/mol. The van der Waals surface area contributed by atoms with Gasteiger partial charge in [-0.3, -0.25) is 0 Å². The molecule has 0 aliphatic rings. The maximum atomic E-state index is 5.18. The summed E-state index contributed by atoms with van der Waals surface area (Å²) in [5, 5.41) is 11.1. The third-order valence-electron chi connectivity index (χ3n) is 2.37. The Morgan fingerprint density at radius 3 is 2.53 bits per heavy atom. The summed E-state index contributed by atoms with van der Waals surface area (Å²) in [6.07, 6.45) is 0. The average molecular weight is 294 g/mol. The highest BCUT2D eigenvalue weighted by molar-refractivity contribution is 9.10. The molecule has 0 atom stereocenters. The number of benzene rings is 1. The Morgan fingerprint density at radius 1 is 1.18 bits per heavy atom. The van der Waals surface area contributed by atoms with E-state index in [1.165, 1.54) is 0 Å². The standard InChI is InChI=1S/C12H12BrN3O/c1-14-12-6-4-10(15-16-12)8-3-5-11(17-2)9(13)7-8/h3-7H,1-2H3,(H,14,16). The maximum absolute atomic E-state index is 5.18. The van der Waals surface area contributed by atoms with Crippen LogP contribution in [0.15, 0.2) is 34.8 Å². The number of hydrogen-bond donors (Lipinski definition) is 1. The first kappa shape index (κ1) is 11.9.